The molecule has 0 fully saturated rings. The fourth-order valence-electron chi connectivity index (χ4n) is 2.51. The zero-order valence-electron chi connectivity index (χ0n) is 12.0. The van der Waals surface area contributed by atoms with E-state index >= 15 is 0 Å². The molecule has 3 aromatic rings. The van der Waals surface area contributed by atoms with Crippen LogP contribution in [-0.4, -0.2) is 5.91 Å². The molecule has 0 aliphatic rings. The lowest BCUT2D eigenvalue weighted by Crippen LogP contribution is -2.23. The molecule has 1 amide bonds. The number of rotatable bonds is 3. The van der Waals surface area contributed by atoms with E-state index in [1.165, 1.54) is 21.5 Å². The summed E-state index contributed by atoms with van der Waals surface area (Å²) in [6.45, 7) is 5.89. The van der Waals surface area contributed by atoms with Crippen LogP contribution in [0.5, 0.6) is 0 Å². The minimum absolute atomic E-state index is 0.104. The van der Waals surface area contributed by atoms with Gasteiger partial charge in [0.1, 0.15) is 0 Å². The molecule has 3 rings (SSSR count). The van der Waals surface area contributed by atoms with Gasteiger partial charge < -0.3 is 5.32 Å². The molecule has 0 radical (unpaired) electrons. The lowest BCUT2D eigenvalue weighted by Gasteiger charge is -2.10. The third-order valence-corrected chi connectivity index (χ3v) is 3.66. The third kappa shape index (κ3) is 2.65. The number of carbonyl (C=O) groups excluding carboxylic acids is 1. The molecule has 0 spiro atoms. The second-order valence-corrected chi connectivity index (χ2v) is 5.30. The van der Waals surface area contributed by atoms with E-state index in [0.717, 1.165) is 5.56 Å². The van der Waals surface area contributed by atoms with Gasteiger partial charge in [0.15, 0.2) is 0 Å². The Labute approximate surface area is 124 Å². The van der Waals surface area contributed by atoms with Gasteiger partial charge in [0, 0.05) is 12.1 Å². The van der Waals surface area contributed by atoms with Gasteiger partial charge in [0.05, 0.1) is 0 Å². The van der Waals surface area contributed by atoms with Crippen LogP contribution in [0, 0.1) is 0 Å². The molecule has 0 saturated carbocycles. The van der Waals surface area contributed by atoms with Crippen molar-refractivity contribution in [1.82, 2.24) is 5.32 Å². The summed E-state index contributed by atoms with van der Waals surface area (Å²) in [5, 5.41) is 7.71. The van der Waals surface area contributed by atoms with Crippen LogP contribution in [0.4, 0.5) is 0 Å². The summed E-state index contributed by atoms with van der Waals surface area (Å²) < 4.78 is 0. The van der Waals surface area contributed by atoms with Crippen LogP contribution in [0.25, 0.3) is 21.5 Å². The maximum absolute atomic E-state index is 11.7. The Hall–Kier alpha value is -2.61. The van der Waals surface area contributed by atoms with Crippen LogP contribution in [-0.2, 0) is 11.3 Å². The van der Waals surface area contributed by atoms with Gasteiger partial charge in [0.2, 0.25) is 5.91 Å². The number of carbonyl (C=O) groups is 1. The molecule has 0 atom stereocenters. The second kappa shape index (κ2) is 5.41. The highest BCUT2D eigenvalue weighted by Gasteiger charge is 2.05. The molecule has 3 aromatic carbocycles. The van der Waals surface area contributed by atoms with Crippen molar-refractivity contribution in [2.24, 2.45) is 0 Å². The van der Waals surface area contributed by atoms with E-state index in [-0.39, 0.29) is 5.91 Å². The van der Waals surface area contributed by atoms with E-state index in [9.17, 15) is 4.79 Å². The van der Waals surface area contributed by atoms with Gasteiger partial charge in [0.25, 0.3) is 0 Å². The van der Waals surface area contributed by atoms with Crippen molar-refractivity contribution >= 4 is 27.5 Å². The molecule has 2 heteroatoms. The normalized spacial score (nSPS) is 10.7. The molecule has 0 heterocycles. The second-order valence-electron chi connectivity index (χ2n) is 5.30. The van der Waals surface area contributed by atoms with Crippen LogP contribution < -0.4 is 5.32 Å². The van der Waals surface area contributed by atoms with Crippen molar-refractivity contribution in [3.05, 3.63) is 72.3 Å². The zero-order valence-corrected chi connectivity index (χ0v) is 12.0. The smallest absolute Gasteiger partial charge is 0.246 e. The average Bonchev–Trinajstić information content (AvgIpc) is 2.50. The standard InChI is InChI=1S/C19H17NO/c1-13(2)19(21)20-12-17-9-5-8-16-10-14-6-3-4-7-15(14)11-18(16)17/h3-11H,1,12H2,2H3,(H,20,21). The van der Waals surface area contributed by atoms with E-state index < -0.39 is 0 Å². The molecule has 0 saturated heterocycles. The number of hydrogen-bond acceptors (Lipinski definition) is 1. The minimum Gasteiger partial charge on any atom is -0.348 e. The van der Waals surface area contributed by atoms with Gasteiger partial charge in [-0.05, 0) is 46.2 Å². The summed E-state index contributed by atoms with van der Waals surface area (Å²) in [5.41, 5.74) is 1.65. The Morgan fingerprint density at radius 1 is 1.00 bits per heavy atom. The average molecular weight is 275 g/mol. The van der Waals surface area contributed by atoms with Gasteiger partial charge in [-0.3, -0.25) is 4.79 Å². The largest absolute Gasteiger partial charge is 0.348 e. The van der Waals surface area contributed by atoms with Gasteiger partial charge >= 0.3 is 0 Å². The fourth-order valence-corrected chi connectivity index (χ4v) is 2.51. The molecular weight excluding hydrogens is 258 g/mol. The topological polar surface area (TPSA) is 29.1 Å². The van der Waals surface area contributed by atoms with E-state index in [1.807, 2.05) is 18.2 Å². The number of nitrogens with one attached hydrogen (secondary N) is 1. The van der Waals surface area contributed by atoms with Crippen molar-refractivity contribution in [1.29, 1.82) is 0 Å². The number of benzene rings is 3. The molecular formula is C19H17NO. The molecule has 1 N–H and O–H groups in total. The highest BCUT2D eigenvalue weighted by atomic mass is 16.1. The summed E-state index contributed by atoms with van der Waals surface area (Å²) in [5.74, 6) is -0.104. The Morgan fingerprint density at radius 2 is 1.67 bits per heavy atom. The third-order valence-electron chi connectivity index (χ3n) is 3.66. The highest BCUT2D eigenvalue weighted by molar-refractivity contribution is 6.00. The predicted molar refractivity (Wildman–Crippen MR) is 88.1 cm³/mol. The summed E-state index contributed by atoms with van der Waals surface area (Å²) in [6, 6.07) is 18.9. The van der Waals surface area contributed by atoms with E-state index in [1.54, 1.807) is 6.92 Å². The lowest BCUT2D eigenvalue weighted by molar-refractivity contribution is -0.117. The highest BCUT2D eigenvalue weighted by Crippen LogP contribution is 2.25. The van der Waals surface area contributed by atoms with Crippen LogP contribution in [0.2, 0.25) is 0 Å². The monoisotopic (exact) mass is 275 g/mol. The molecule has 0 aliphatic carbocycles. The first kappa shape index (κ1) is 13.4. The van der Waals surface area contributed by atoms with Gasteiger partial charge in [-0.2, -0.15) is 0 Å². The molecule has 21 heavy (non-hydrogen) atoms. The minimum atomic E-state index is -0.104. The molecule has 0 aliphatic heterocycles. The SMILES string of the molecule is C=C(C)C(=O)NCc1cccc2cc3ccccc3cc12. The molecule has 0 bridgehead atoms. The Kier molecular flexibility index (Phi) is 3.44. The molecule has 104 valence electrons. The Morgan fingerprint density at radius 3 is 2.38 bits per heavy atom. The summed E-state index contributed by atoms with van der Waals surface area (Å²) in [6.07, 6.45) is 0. The van der Waals surface area contributed by atoms with Crippen molar-refractivity contribution in [3.63, 3.8) is 0 Å². The Balaban J connectivity index is 2.04. The van der Waals surface area contributed by atoms with E-state index in [0.29, 0.717) is 12.1 Å². The van der Waals surface area contributed by atoms with E-state index in [2.05, 4.69) is 48.3 Å². The summed E-state index contributed by atoms with van der Waals surface area (Å²) in [7, 11) is 0. The first-order valence-corrected chi connectivity index (χ1v) is 6.99. The maximum atomic E-state index is 11.7. The fraction of sp³-hybridized carbons (Fsp3) is 0.105. The summed E-state index contributed by atoms with van der Waals surface area (Å²) in [4.78, 5) is 11.7. The Bertz CT molecular complexity index is 848. The van der Waals surface area contributed by atoms with Crippen molar-refractivity contribution < 1.29 is 4.79 Å². The van der Waals surface area contributed by atoms with Crippen LogP contribution in [0.3, 0.4) is 0 Å². The van der Waals surface area contributed by atoms with Gasteiger partial charge in [-0.15, -0.1) is 0 Å². The first-order valence-electron chi connectivity index (χ1n) is 6.99. The van der Waals surface area contributed by atoms with Crippen LogP contribution >= 0.6 is 0 Å². The molecule has 0 aromatic heterocycles. The predicted octanol–water partition coefficient (Wildman–Crippen LogP) is 4.19. The number of amides is 1. The molecule has 2 nitrogen and oxygen atoms in total. The zero-order chi connectivity index (χ0) is 14.8. The molecule has 0 unspecified atom stereocenters. The van der Waals surface area contributed by atoms with Crippen molar-refractivity contribution in [2.75, 3.05) is 0 Å². The van der Waals surface area contributed by atoms with Crippen molar-refractivity contribution in [3.8, 4) is 0 Å². The number of fused-ring (bicyclic) bond motifs is 2. The quantitative estimate of drug-likeness (QED) is 0.563. The van der Waals surface area contributed by atoms with Crippen LogP contribution in [0.15, 0.2) is 66.7 Å². The lowest BCUT2D eigenvalue weighted by atomic mass is 9.99. The first-order chi connectivity index (χ1) is 10.1. The number of hydrogen-bond donors (Lipinski definition) is 1. The van der Waals surface area contributed by atoms with Crippen LogP contribution in [0.1, 0.15) is 12.5 Å². The van der Waals surface area contributed by atoms with E-state index in [4.69, 9.17) is 0 Å². The summed E-state index contributed by atoms with van der Waals surface area (Å²) >= 11 is 0. The van der Waals surface area contributed by atoms with Crippen molar-refractivity contribution in [2.45, 2.75) is 13.5 Å². The van der Waals surface area contributed by atoms with Gasteiger partial charge in [-0.1, -0.05) is 49.0 Å². The maximum Gasteiger partial charge on any atom is 0.246 e. The van der Waals surface area contributed by atoms with Gasteiger partial charge in [-0.25, -0.2) is 0 Å².